The predicted octanol–water partition coefficient (Wildman–Crippen LogP) is 2.62. The SMILES string of the molecule is C=CCNC(=O)Oc1cc(-n2c(=O)cc(C(F)(F)F)n(C)c2=O)c(F)cc1Cl. The van der Waals surface area contributed by atoms with Crippen LogP contribution in [0.4, 0.5) is 22.4 Å². The van der Waals surface area contributed by atoms with Gasteiger partial charge in [0.2, 0.25) is 0 Å². The van der Waals surface area contributed by atoms with Crippen LogP contribution in [-0.2, 0) is 13.2 Å². The Bertz CT molecular complexity index is 1060. The fourth-order valence-corrected chi connectivity index (χ4v) is 2.37. The molecule has 0 spiro atoms. The van der Waals surface area contributed by atoms with Crippen molar-refractivity contribution in [1.82, 2.24) is 14.5 Å². The molecule has 1 amide bonds. The van der Waals surface area contributed by atoms with Gasteiger partial charge in [-0.2, -0.15) is 13.2 Å². The second-order valence-corrected chi connectivity index (χ2v) is 5.74. The number of hydrogen-bond donors (Lipinski definition) is 1. The summed E-state index contributed by atoms with van der Waals surface area (Å²) in [6, 6.07) is 1.55. The Morgan fingerprint density at radius 2 is 1.96 bits per heavy atom. The predicted molar refractivity (Wildman–Crippen MR) is 91.5 cm³/mol. The number of ether oxygens (including phenoxy) is 1. The van der Waals surface area contributed by atoms with Gasteiger partial charge in [-0.3, -0.25) is 9.36 Å². The van der Waals surface area contributed by atoms with Crippen molar-refractivity contribution >= 4 is 17.7 Å². The van der Waals surface area contributed by atoms with Gasteiger partial charge in [0.1, 0.15) is 11.5 Å². The van der Waals surface area contributed by atoms with Crippen molar-refractivity contribution in [2.75, 3.05) is 6.54 Å². The molecule has 0 saturated heterocycles. The standard InChI is InChI=1S/C16H12ClF4N3O4/c1-3-4-22-14(26)28-11-6-10(9(18)5-8(11)17)24-13(25)7-12(16(19,20)21)23(2)15(24)27/h3,5-7H,1,4H2,2H3,(H,22,26). The highest BCUT2D eigenvalue weighted by atomic mass is 35.5. The average Bonchev–Trinajstić information content (AvgIpc) is 2.59. The van der Waals surface area contributed by atoms with Gasteiger partial charge in [-0.05, 0) is 6.07 Å². The molecule has 2 rings (SSSR count). The maximum absolute atomic E-state index is 14.3. The molecule has 0 saturated carbocycles. The molecule has 1 aromatic heterocycles. The molecule has 2 aromatic rings. The number of aromatic nitrogens is 2. The number of nitrogens with one attached hydrogen (secondary N) is 1. The molecule has 7 nitrogen and oxygen atoms in total. The number of carbonyl (C=O) groups is 1. The largest absolute Gasteiger partial charge is 0.431 e. The van der Waals surface area contributed by atoms with Crippen LogP contribution in [0.1, 0.15) is 5.69 Å². The number of hydrogen-bond acceptors (Lipinski definition) is 4. The molecule has 0 fully saturated rings. The minimum absolute atomic E-state index is 0.0450. The van der Waals surface area contributed by atoms with Crippen LogP contribution in [0.5, 0.6) is 5.75 Å². The summed E-state index contributed by atoms with van der Waals surface area (Å²) in [6.07, 6.45) is -4.61. The quantitative estimate of drug-likeness (QED) is 0.608. The molecular weight excluding hydrogens is 410 g/mol. The Balaban J connectivity index is 2.63. The first-order chi connectivity index (χ1) is 13.0. The minimum Gasteiger partial charge on any atom is -0.409 e. The van der Waals surface area contributed by atoms with Gasteiger partial charge in [0.25, 0.3) is 5.56 Å². The molecule has 0 aliphatic rings. The summed E-state index contributed by atoms with van der Waals surface area (Å²) in [5.74, 6) is -1.61. The van der Waals surface area contributed by atoms with Crippen molar-refractivity contribution in [3.05, 3.63) is 68.2 Å². The van der Waals surface area contributed by atoms with Gasteiger partial charge < -0.3 is 10.1 Å². The van der Waals surface area contributed by atoms with Gasteiger partial charge in [0.15, 0.2) is 5.75 Å². The van der Waals surface area contributed by atoms with E-state index in [1.54, 1.807) is 0 Å². The van der Waals surface area contributed by atoms with E-state index >= 15 is 0 Å². The molecule has 0 bridgehead atoms. The molecule has 1 aromatic carbocycles. The first-order valence-electron chi connectivity index (χ1n) is 7.43. The molecule has 0 aliphatic heterocycles. The Kier molecular flexibility index (Phi) is 5.98. The third-order valence-electron chi connectivity index (χ3n) is 3.45. The number of carbonyl (C=O) groups excluding carboxylic acids is 1. The lowest BCUT2D eigenvalue weighted by Crippen LogP contribution is -2.41. The Morgan fingerprint density at radius 3 is 2.54 bits per heavy atom. The summed E-state index contributed by atoms with van der Waals surface area (Å²) < 4.78 is 58.2. The number of rotatable bonds is 4. The number of nitrogens with zero attached hydrogens (tertiary/aromatic N) is 2. The monoisotopic (exact) mass is 421 g/mol. The van der Waals surface area contributed by atoms with Crippen molar-refractivity contribution in [3.63, 3.8) is 0 Å². The summed E-state index contributed by atoms with van der Waals surface area (Å²) in [7, 11) is 0.773. The summed E-state index contributed by atoms with van der Waals surface area (Å²) >= 11 is 5.78. The Labute approximate surface area is 159 Å². The van der Waals surface area contributed by atoms with Crippen LogP contribution < -0.4 is 21.3 Å². The second-order valence-electron chi connectivity index (χ2n) is 5.34. The van der Waals surface area contributed by atoms with Crippen molar-refractivity contribution < 1.29 is 27.1 Å². The average molecular weight is 422 g/mol. The van der Waals surface area contributed by atoms with E-state index < -0.39 is 46.5 Å². The Hall–Kier alpha value is -3.08. The van der Waals surface area contributed by atoms with Crippen LogP contribution in [0.3, 0.4) is 0 Å². The van der Waals surface area contributed by atoms with Crippen LogP contribution >= 0.6 is 11.6 Å². The van der Waals surface area contributed by atoms with Gasteiger partial charge in [-0.15, -0.1) is 6.58 Å². The third kappa shape index (κ3) is 4.25. The molecular formula is C16H12ClF4N3O4. The lowest BCUT2D eigenvalue weighted by Gasteiger charge is -2.15. The van der Waals surface area contributed by atoms with Gasteiger partial charge in [-0.1, -0.05) is 17.7 Å². The highest BCUT2D eigenvalue weighted by Gasteiger charge is 2.35. The van der Waals surface area contributed by atoms with E-state index in [1.807, 2.05) is 0 Å². The summed E-state index contributed by atoms with van der Waals surface area (Å²) in [5, 5.41) is 1.88. The maximum atomic E-state index is 14.3. The number of alkyl halides is 3. The van der Waals surface area contributed by atoms with E-state index in [0.717, 1.165) is 13.1 Å². The first kappa shape index (κ1) is 21.2. The number of halogens is 5. The van der Waals surface area contributed by atoms with Crippen molar-refractivity contribution in [2.45, 2.75) is 6.18 Å². The molecule has 1 heterocycles. The first-order valence-corrected chi connectivity index (χ1v) is 7.81. The minimum atomic E-state index is -4.97. The molecule has 150 valence electrons. The summed E-state index contributed by atoms with van der Waals surface area (Å²) in [5.41, 5.74) is -5.13. The van der Waals surface area contributed by atoms with Crippen LogP contribution in [0.15, 0.2) is 40.4 Å². The maximum Gasteiger partial charge on any atom is 0.431 e. The highest BCUT2D eigenvalue weighted by Crippen LogP contribution is 2.30. The normalized spacial score (nSPS) is 11.2. The zero-order chi connectivity index (χ0) is 21.2. The van der Waals surface area contributed by atoms with Gasteiger partial charge in [0.05, 0.1) is 10.7 Å². The van der Waals surface area contributed by atoms with Crippen molar-refractivity contribution in [1.29, 1.82) is 0 Å². The summed E-state index contributed by atoms with van der Waals surface area (Å²) in [4.78, 5) is 36.0. The lowest BCUT2D eigenvalue weighted by atomic mass is 10.2. The van der Waals surface area contributed by atoms with E-state index in [0.29, 0.717) is 6.07 Å². The van der Waals surface area contributed by atoms with Crippen LogP contribution in [-0.4, -0.2) is 21.8 Å². The second kappa shape index (κ2) is 7.89. The van der Waals surface area contributed by atoms with Crippen molar-refractivity contribution in [3.8, 4) is 11.4 Å². The molecule has 0 aliphatic carbocycles. The molecule has 28 heavy (non-hydrogen) atoms. The molecule has 0 atom stereocenters. The van der Waals surface area contributed by atoms with Crippen molar-refractivity contribution in [2.24, 2.45) is 7.05 Å². The van der Waals surface area contributed by atoms with Crippen LogP contribution in [0.25, 0.3) is 5.69 Å². The topological polar surface area (TPSA) is 82.3 Å². The van der Waals surface area contributed by atoms with E-state index in [1.165, 1.54) is 6.08 Å². The van der Waals surface area contributed by atoms with Crippen LogP contribution in [0, 0.1) is 5.82 Å². The van der Waals surface area contributed by atoms with Gasteiger partial charge in [0, 0.05) is 25.7 Å². The molecule has 1 N–H and O–H groups in total. The van der Waals surface area contributed by atoms with Gasteiger partial charge >= 0.3 is 18.0 Å². The fourth-order valence-electron chi connectivity index (χ4n) is 2.18. The van der Waals surface area contributed by atoms with Gasteiger partial charge in [-0.25, -0.2) is 18.5 Å². The zero-order valence-corrected chi connectivity index (χ0v) is 14.9. The number of benzene rings is 1. The Morgan fingerprint density at radius 1 is 1.32 bits per heavy atom. The zero-order valence-electron chi connectivity index (χ0n) is 14.1. The lowest BCUT2D eigenvalue weighted by molar-refractivity contribution is -0.144. The number of amides is 1. The van der Waals surface area contributed by atoms with E-state index in [2.05, 4.69) is 11.9 Å². The fraction of sp³-hybridized carbons (Fsp3) is 0.188. The van der Waals surface area contributed by atoms with E-state index in [-0.39, 0.29) is 26.8 Å². The van der Waals surface area contributed by atoms with E-state index in [4.69, 9.17) is 16.3 Å². The van der Waals surface area contributed by atoms with Crippen LogP contribution in [0.2, 0.25) is 5.02 Å². The third-order valence-corrected chi connectivity index (χ3v) is 3.74. The molecule has 0 radical (unpaired) electrons. The highest BCUT2D eigenvalue weighted by molar-refractivity contribution is 6.32. The molecule has 0 unspecified atom stereocenters. The van der Waals surface area contributed by atoms with E-state index in [9.17, 15) is 31.9 Å². The smallest absolute Gasteiger partial charge is 0.409 e. The summed E-state index contributed by atoms with van der Waals surface area (Å²) in [6.45, 7) is 3.42. The molecule has 12 heteroatoms.